The quantitative estimate of drug-likeness (QED) is 0.729. The lowest BCUT2D eigenvalue weighted by molar-refractivity contribution is -0.119. The normalized spacial score (nSPS) is 12.6. The number of nitrogens with one attached hydrogen (secondary N) is 1. The van der Waals surface area contributed by atoms with Gasteiger partial charge in [0.2, 0.25) is 11.0 Å². The minimum atomic E-state index is -0.0135. The number of nitrogens with zero attached hydrogens (tertiary/aromatic N) is 2. The van der Waals surface area contributed by atoms with E-state index in [0.29, 0.717) is 27.1 Å². The molecule has 0 unspecified atom stereocenters. The molecule has 0 aliphatic rings. The highest BCUT2D eigenvalue weighted by Crippen LogP contribution is 2.26. The van der Waals surface area contributed by atoms with Crippen LogP contribution in [0.1, 0.15) is 50.8 Å². The van der Waals surface area contributed by atoms with E-state index in [0.717, 1.165) is 5.56 Å². The third-order valence-corrected chi connectivity index (χ3v) is 5.58. The number of nitrogens with two attached hydrogens (primary N) is 1. The highest BCUT2D eigenvalue weighted by molar-refractivity contribution is 8.01. The van der Waals surface area contributed by atoms with Gasteiger partial charge in [-0.2, -0.15) is 0 Å². The molecule has 0 aliphatic heterocycles. The van der Waals surface area contributed by atoms with Crippen LogP contribution in [0.2, 0.25) is 0 Å². The predicted molar refractivity (Wildman–Crippen MR) is 101 cm³/mol. The first-order valence-corrected chi connectivity index (χ1v) is 9.78. The van der Waals surface area contributed by atoms with Crippen LogP contribution in [0, 0.1) is 5.92 Å². The fourth-order valence-electron chi connectivity index (χ4n) is 2.34. The SMILES string of the molecule is CC(C)c1ccc([C@@H](NC(=O)CSc2nnc(N)s2)C(C)C)cc1. The Balaban J connectivity index is 1.98. The largest absolute Gasteiger partial charge is 0.374 e. The molecule has 5 nitrogen and oxygen atoms in total. The molecule has 1 atom stereocenters. The smallest absolute Gasteiger partial charge is 0.230 e. The van der Waals surface area contributed by atoms with E-state index in [1.165, 1.54) is 28.7 Å². The third-order valence-electron chi connectivity index (χ3n) is 3.69. The van der Waals surface area contributed by atoms with Crippen molar-refractivity contribution in [3.05, 3.63) is 35.4 Å². The molecule has 2 aromatic rings. The Morgan fingerprint density at radius 2 is 1.79 bits per heavy atom. The Labute approximate surface area is 151 Å². The zero-order valence-electron chi connectivity index (χ0n) is 14.4. The van der Waals surface area contributed by atoms with Gasteiger partial charge in [-0.1, -0.05) is 75.1 Å². The van der Waals surface area contributed by atoms with E-state index in [4.69, 9.17) is 5.73 Å². The Bertz CT molecular complexity index is 667. The van der Waals surface area contributed by atoms with Crippen molar-refractivity contribution in [1.29, 1.82) is 0 Å². The van der Waals surface area contributed by atoms with Crippen LogP contribution in [0.5, 0.6) is 0 Å². The molecule has 0 spiro atoms. The topological polar surface area (TPSA) is 80.9 Å². The van der Waals surface area contributed by atoms with Crippen molar-refractivity contribution >= 4 is 34.1 Å². The van der Waals surface area contributed by atoms with Gasteiger partial charge in [0.15, 0.2) is 4.34 Å². The van der Waals surface area contributed by atoms with Gasteiger partial charge in [0.05, 0.1) is 11.8 Å². The second-order valence-corrected chi connectivity index (χ2v) is 8.54. The summed E-state index contributed by atoms with van der Waals surface area (Å²) in [5.74, 6) is 1.10. The van der Waals surface area contributed by atoms with Crippen molar-refractivity contribution in [2.75, 3.05) is 11.5 Å². The number of rotatable bonds is 7. The van der Waals surface area contributed by atoms with Gasteiger partial charge >= 0.3 is 0 Å². The first-order chi connectivity index (χ1) is 11.4. The fraction of sp³-hybridized carbons (Fsp3) is 0.471. The van der Waals surface area contributed by atoms with Gasteiger partial charge in [-0.15, -0.1) is 10.2 Å². The molecule has 7 heteroatoms. The summed E-state index contributed by atoms with van der Waals surface area (Å²) in [5, 5.41) is 11.2. The molecular weight excluding hydrogens is 340 g/mol. The van der Waals surface area contributed by atoms with Crippen LogP contribution in [-0.4, -0.2) is 21.9 Å². The lowest BCUT2D eigenvalue weighted by atomic mass is 9.93. The van der Waals surface area contributed by atoms with Crippen LogP contribution in [0.4, 0.5) is 5.13 Å². The molecule has 0 saturated carbocycles. The highest BCUT2D eigenvalue weighted by atomic mass is 32.2. The molecule has 130 valence electrons. The summed E-state index contributed by atoms with van der Waals surface area (Å²) in [7, 11) is 0. The molecule has 1 aromatic carbocycles. The van der Waals surface area contributed by atoms with Crippen molar-refractivity contribution in [2.24, 2.45) is 5.92 Å². The summed E-state index contributed by atoms with van der Waals surface area (Å²) in [4.78, 5) is 12.3. The Kier molecular flexibility index (Phi) is 6.62. The van der Waals surface area contributed by atoms with Crippen LogP contribution >= 0.6 is 23.1 Å². The number of nitrogen functional groups attached to an aromatic ring is 1. The number of carbonyl (C=O) groups excluding carboxylic acids is 1. The van der Waals surface area contributed by atoms with Crippen molar-refractivity contribution in [3.8, 4) is 0 Å². The highest BCUT2D eigenvalue weighted by Gasteiger charge is 2.19. The van der Waals surface area contributed by atoms with Gasteiger partial charge in [-0.25, -0.2) is 0 Å². The average molecular weight is 365 g/mol. The summed E-state index contributed by atoms with van der Waals surface area (Å²) in [6.07, 6.45) is 0. The number of amides is 1. The molecule has 0 radical (unpaired) electrons. The number of thioether (sulfide) groups is 1. The van der Waals surface area contributed by atoms with Gasteiger partial charge in [-0.05, 0) is 23.0 Å². The second kappa shape index (κ2) is 8.48. The Morgan fingerprint density at radius 3 is 2.29 bits per heavy atom. The average Bonchev–Trinajstić information content (AvgIpc) is 2.96. The molecular formula is C17H24N4OS2. The number of aromatic nitrogens is 2. The van der Waals surface area contributed by atoms with Gasteiger partial charge in [0.25, 0.3) is 0 Å². The van der Waals surface area contributed by atoms with Gasteiger partial charge in [-0.3, -0.25) is 4.79 Å². The number of benzene rings is 1. The molecule has 2 rings (SSSR count). The van der Waals surface area contributed by atoms with E-state index in [9.17, 15) is 4.79 Å². The molecule has 24 heavy (non-hydrogen) atoms. The van der Waals surface area contributed by atoms with Crippen molar-refractivity contribution in [1.82, 2.24) is 15.5 Å². The van der Waals surface area contributed by atoms with E-state index in [1.54, 1.807) is 0 Å². The summed E-state index contributed by atoms with van der Waals surface area (Å²) >= 11 is 2.65. The monoisotopic (exact) mass is 364 g/mol. The maximum atomic E-state index is 12.3. The fourth-order valence-corrected chi connectivity index (χ4v) is 3.79. The molecule has 1 amide bonds. The minimum Gasteiger partial charge on any atom is -0.374 e. The predicted octanol–water partition coefficient (Wildman–Crippen LogP) is 3.85. The zero-order chi connectivity index (χ0) is 17.7. The van der Waals surface area contributed by atoms with E-state index in [2.05, 4.69) is 67.5 Å². The summed E-state index contributed by atoms with van der Waals surface area (Å²) in [5.41, 5.74) is 7.98. The van der Waals surface area contributed by atoms with E-state index in [-0.39, 0.29) is 11.9 Å². The molecule has 3 N–H and O–H groups in total. The first kappa shape index (κ1) is 18.7. The summed E-state index contributed by atoms with van der Waals surface area (Å²) in [6, 6.07) is 8.50. The minimum absolute atomic E-state index is 0.00111. The van der Waals surface area contributed by atoms with Gasteiger partial charge in [0.1, 0.15) is 0 Å². The van der Waals surface area contributed by atoms with Crippen molar-refractivity contribution in [2.45, 2.75) is 44.0 Å². The van der Waals surface area contributed by atoms with Crippen molar-refractivity contribution < 1.29 is 4.79 Å². The van der Waals surface area contributed by atoms with Crippen LogP contribution in [0.25, 0.3) is 0 Å². The molecule has 0 saturated heterocycles. The van der Waals surface area contributed by atoms with Crippen LogP contribution in [-0.2, 0) is 4.79 Å². The number of hydrogen-bond donors (Lipinski definition) is 2. The Morgan fingerprint density at radius 1 is 1.17 bits per heavy atom. The third kappa shape index (κ3) is 5.21. The number of hydrogen-bond acceptors (Lipinski definition) is 6. The second-order valence-electron chi connectivity index (χ2n) is 6.31. The lowest BCUT2D eigenvalue weighted by Crippen LogP contribution is -2.33. The van der Waals surface area contributed by atoms with Crippen LogP contribution in [0.3, 0.4) is 0 Å². The van der Waals surface area contributed by atoms with E-state index in [1.807, 2.05) is 0 Å². The van der Waals surface area contributed by atoms with Crippen molar-refractivity contribution in [3.63, 3.8) is 0 Å². The van der Waals surface area contributed by atoms with Gasteiger partial charge in [0, 0.05) is 0 Å². The number of anilines is 1. The number of carbonyl (C=O) groups is 1. The molecule has 1 aromatic heterocycles. The molecule has 0 aliphatic carbocycles. The molecule has 0 fully saturated rings. The summed E-state index contributed by atoms with van der Waals surface area (Å²) in [6.45, 7) is 8.57. The lowest BCUT2D eigenvalue weighted by Gasteiger charge is -2.23. The van der Waals surface area contributed by atoms with Crippen LogP contribution in [0.15, 0.2) is 28.6 Å². The zero-order valence-corrected chi connectivity index (χ0v) is 16.1. The van der Waals surface area contributed by atoms with E-state index < -0.39 is 0 Å². The Hall–Kier alpha value is -1.60. The maximum absolute atomic E-state index is 12.3. The first-order valence-electron chi connectivity index (χ1n) is 7.97. The standard InChI is InChI=1S/C17H24N4OS2/c1-10(2)12-5-7-13(8-6-12)15(11(3)4)19-14(22)9-23-17-21-20-16(18)24-17/h5-8,10-11,15H,9H2,1-4H3,(H2,18,20)(H,19,22)/t15-/m0/s1. The maximum Gasteiger partial charge on any atom is 0.230 e. The summed E-state index contributed by atoms with van der Waals surface area (Å²) < 4.78 is 0.713. The van der Waals surface area contributed by atoms with Gasteiger partial charge < -0.3 is 11.1 Å². The molecule has 1 heterocycles. The van der Waals surface area contributed by atoms with E-state index >= 15 is 0 Å². The molecule has 0 bridgehead atoms. The van der Waals surface area contributed by atoms with Crippen LogP contribution < -0.4 is 11.1 Å².